The minimum Gasteiger partial charge on any atom is -0.349 e. The number of carbonyl (C=O) groups excluding carboxylic acids is 1. The van der Waals surface area contributed by atoms with Gasteiger partial charge in [0.15, 0.2) is 5.13 Å². The lowest BCUT2D eigenvalue weighted by molar-refractivity contribution is 0.0941. The van der Waals surface area contributed by atoms with E-state index in [4.69, 9.17) is 4.98 Å². The molecule has 0 aliphatic rings. The van der Waals surface area contributed by atoms with Crippen molar-refractivity contribution in [1.82, 2.24) is 14.9 Å². The molecule has 2 aromatic heterocycles. The first-order valence-corrected chi connectivity index (χ1v) is 9.85. The van der Waals surface area contributed by atoms with Crippen LogP contribution in [0, 0.1) is 0 Å². The Morgan fingerprint density at radius 3 is 2.46 bits per heavy atom. The number of aryl methyl sites for hydroxylation is 1. The molecule has 0 radical (unpaired) electrons. The lowest BCUT2D eigenvalue weighted by Gasteiger charge is -2.14. The van der Waals surface area contributed by atoms with E-state index < -0.39 is 0 Å². The van der Waals surface area contributed by atoms with E-state index in [9.17, 15) is 4.79 Å². The van der Waals surface area contributed by atoms with Gasteiger partial charge in [0.1, 0.15) is 4.88 Å². The van der Waals surface area contributed by atoms with Gasteiger partial charge in [-0.2, -0.15) is 0 Å². The van der Waals surface area contributed by atoms with Crippen LogP contribution in [0.1, 0.15) is 54.0 Å². The summed E-state index contributed by atoms with van der Waals surface area (Å²) in [4.78, 5) is 18.2. The Hall–Kier alpha value is -2.40. The predicted molar refractivity (Wildman–Crippen MR) is 107 cm³/mol. The number of hydrogen-bond acceptors (Lipinski definition) is 3. The topological polar surface area (TPSA) is 46.9 Å². The largest absolute Gasteiger partial charge is 0.349 e. The SMILES string of the molecule is CC(C)c1nc(-n2cccc2)sc1C(=O)N[C@H](C)CCc1ccccc1. The zero-order valence-electron chi connectivity index (χ0n) is 15.5. The molecule has 2 heterocycles. The molecule has 0 aliphatic carbocycles. The van der Waals surface area contributed by atoms with Crippen LogP contribution in [0.2, 0.25) is 0 Å². The molecule has 0 unspecified atom stereocenters. The molecule has 1 amide bonds. The number of aromatic nitrogens is 2. The normalized spacial score (nSPS) is 12.3. The summed E-state index contributed by atoms with van der Waals surface area (Å²) < 4.78 is 1.95. The molecule has 0 fully saturated rings. The van der Waals surface area contributed by atoms with E-state index in [-0.39, 0.29) is 17.9 Å². The van der Waals surface area contributed by atoms with E-state index in [1.807, 2.05) is 47.3 Å². The average Bonchev–Trinajstić information content (AvgIpc) is 3.30. The minimum atomic E-state index is -0.0230. The highest BCUT2D eigenvalue weighted by atomic mass is 32.1. The van der Waals surface area contributed by atoms with Gasteiger partial charge in [0.25, 0.3) is 5.91 Å². The van der Waals surface area contributed by atoms with Gasteiger partial charge < -0.3 is 9.88 Å². The Balaban J connectivity index is 1.68. The molecule has 0 bridgehead atoms. The molecule has 5 heteroatoms. The highest BCUT2D eigenvalue weighted by molar-refractivity contribution is 7.16. The molecule has 0 saturated heterocycles. The van der Waals surface area contributed by atoms with Gasteiger partial charge in [-0.05, 0) is 43.4 Å². The maximum absolute atomic E-state index is 12.8. The van der Waals surface area contributed by atoms with Crippen LogP contribution in [-0.4, -0.2) is 21.5 Å². The summed E-state index contributed by atoms with van der Waals surface area (Å²) in [5.74, 6) is 0.182. The highest BCUT2D eigenvalue weighted by Gasteiger charge is 2.22. The van der Waals surface area contributed by atoms with Crippen LogP contribution >= 0.6 is 11.3 Å². The molecular formula is C21H25N3OS. The van der Waals surface area contributed by atoms with E-state index in [0.29, 0.717) is 0 Å². The fourth-order valence-electron chi connectivity index (χ4n) is 2.84. The monoisotopic (exact) mass is 367 g/mol. The second kappa shape index (κ2) is 8.32. The van der Waals surface area contributed by atoms with Gasteiger partial charge in [-0.25, -0.2) is 4.98 Å². The molecule has 3 aromatic rings. The van der Waals surface area contributed by atoms with Crippen molar-refractivity contribution in [1.29, 1.82) is 0 Å². The van der Waals surface area contributed by atoms with E-state index in [1.165, 1.54) is 16.9 Å². The third-order valence-electron chi connectivity index (χ3n) is 4.31. The Labute approximate surface area is 158 Å². The van der Waals surface area contributed by atoms with Crippen LogP contribution in [0.4, 0.5) is 0 Å². The van der Waals surface area contributed by atoms with E-state index >= 15 is 0 Å². The van der Waals surface area contributed by atoms with Crippen LogP contribution in [0.5, 0.6) is 0 Å². The predicted octanol–water partition coefficient (Wildman–Crippen LogP) is 4.81. The van der Waals surface area contributed by atoms with Crippen molar-refractivity contribution < 1.29 is 4.79 Å². The first kappa shape index (κ1) is 18.4. The molecule has 0 saturated carbocycles. The van der Waals surface area contributed by atoms with Gasteiger partial charge in [0, 0.05) is 18.4 Å². The fourth-order valence-corrected chi connectivity index (χ4v) is 3.93. The quantitative estimate of drug-likeness (QED) is 0.651. The standard InChI is InChI=1S/C21H25N3OS/c1-15(2)18-19(26-21(23-18)24-13-7-8-14-24)20(25)22-16(3)11-12-17-9-5-4-6-10-17/h4-10,13-16H,11-12H2,1-3H3,(H,22,25)/t16-/m1/s1. The smallest absolute Gasteiger partial charge is 0.263 e. The summed E-state index contributed by atoms with van der Waals surface area (Å²) in [5, 5.41) is 3.98. The molecule has 4 nitrogen and oxygen atoms in total. The molecule has 1 aromatic carbocycles. The lowest BCUT2D eigenvalue weighted by Crippen LogP contribution is -2.33. The Morgan fingerprint density at radius 1 is 1.12 bits per heavy atom. The Bertz CT molecular complexity index is 838. The van der Waals surface area contributed by atoms with Gasteiger partial charge >= 0.3 is 0 Å². The summed E-state index contributed by atoms with van der Waals surface area (Å²) in [5.41, 5.74) is 2.16. The lowest BCUT2D eigenvalue weighted by atomic mass is 10.1. The van der Waals surface area contributed by atoms with Crippen LogP contribution in [0.3, 0.4) is 0 Å². The van der Waals surface area contributed by atoms with E-state index in [2.05, 4.69) is 38.2 Å². The molecule has 3 rings (SSSR count). The van der Waals surface area contributed by atoms with Crippen molar-refractivity contribution in [3.8, 4) is 5.13 Å². The maximum Gasteiger partial charge on any atom is 0.263 e. The summed E-state index contributed by atoms with van der Waals surface area (Å²) in [6.45, 7) is 6.21. The Morgan fingerprint density at radius 2 is 1.81 bits per heavy atom. The second-order valence-electron chi connectivity index (χ2n) is 6.85. The number of rotatable bonds is 7. The van der Waals surface area contributed by atoms with Crippen molar-refractivity contribution >= 4 is 17.2 Å². The number of carbonyl (C=O) groups is 1. The summed E-state index contributed by atoms with van der Waals surface area (Å²) in [6.07, 6.45) is 5.77. The van der Waals surface area contributed by atoms with Crippen molar-refractivity contribution in [2.45, 2.75) is 45.6 Å². The first-order valence-electron chi connectivity index (χ1n) is 9.03. The molecule has 136 valence electrons. The number of nitrogens with one attached hydrogen (secondary N) is 1. The van der Waals surface area contributed by atoms with Gasteiger partial charge in [-0.15, -0.1) is 0 Å². The summed E-state index contributed by atoms with van der Waals surface area (Å²) in [6, 6.07) is 14.4. The van der Waals surface area contributed by atoms with Gasteiger partial charge in [-0.1, -0.05) is 55.5 Å². The van der Waals surface area contributed by atoms with Crippen molar-refractivity contribution in [2.24, 2.45) is 0 Å². The molecule has 1 atom stereocenters. The molecule has 0 aliphatic heterocycles. The van der Waals surface area contributed by atoms with Crippen LogP contribution in [0.15, 0.2) is 54.9 Å². The molecule has 1 N–H and O–H groups in total. The average molecular weight is 368 g/mol. The first-order chi connectivity index (χ1) is 12.5. The fraction of sp³-hybridized carbons (Fsp3) is 0.333. The van der Waals surface area contributed by atoms with Gasteiger partial charge in [0.05, 0.1) is 5.69 Å². The van der Waals surface area contributed by atoms with Crippen LogP contribution < -0.4 is 5.32 Å². The maximum atomic E-state index is 12.8. The third-order valence-corrected chi connectivity index (χ3v) is 5.39. The second-order valence-corrected chi connectivity index (χ2v) is 7.83. The molecule has 0 spiro atoms. The number of benzene rings is 1. The number of nitrogens with zero attached hydrogens (tertiary/aromatic N) is 2. The van der Waals surface area contributed by atoms with E-state index in [1.54, 1.807) is 0 Å². The van der Waals surface area contributed by atoms with Gasteiger partial charge in [-0.3, -0.25) is 4.79 Å². The third kappa shape index (κ3) is 4.41. The zero-order valence-corrected chi connectivity index (χ0v) is 16.3. The Kier molecular flexibility index (Phi) is 5.89. The summed E-state index contributed by atoms with van der Waals surface area (Å²) >= 11 is 1.45. The minimum absolute atomic E-state index is 0.0230. The van der Waals surface area contributed by atoms with Crippen molar-refractivity contribution in [2.75, 3.05) is 0 Å². The highest BCUT2D eigenvalue weighted by Crippen LogP contribution is 2.27. The van der Waals surface area contributed by atoms with E-state index in [0.717, 1.165) is 28.5 Å². The summed E-state index contributed by atoms with van der Waals surface area (Å²) in [7, 11) is 0. The van der Waals surface area contributed by atoms with Crippen molar-refractivity contribution in [3.63, 3.8) is 0 Å². The number of thiazole rings is 1. The van der Waals surface area contributed by atoms with Crippen LogP contribution in [-0.2, 0) is 6.42 Å². The number of hydrogen-bond donors (Lipinski definition) is 1. The number of amides is 1. The zero-order chi connectivity index (χ0) is 18.5. The molecular weight excluding hydrogens is 342 g/mol. The molecule has 26 heavy (non-hydrogen) atoms. The van der Waals surface area contributed by atoms with Crippen molar-refractivity contribution in [3.05, 3.63) is 71.0 Å². The van der Waals surface area contributed by atoms with Gasteiger partial charge in [0.2, 0.25) is 0 Å². The van der Waals surface area contributed by atoms with Crippen LogP contribution in [0.25, 0.3) is 5.13 Å².